The van der Waals surface area contributed by atoms with E-state index < -0.39 is 54.6 Å². The zero-order chi connectivity index (χ0) is 25.9. The molecule has 3 rings (SSSR count). The molecule has 3 aromatic rings. The lowest BCUT2D eigenvalue weighted by Gasteiger charge is -2.24. The van der Waals surface area contributed by atoms with Gasteiger partial charge in [-0.2, -0.15) is 13.9 Å². The molecule has 0 radical (unpaired) electrons. The van der Waals surface area contributed by atoms with Gasteiger partial charge in [0, 0.05) is 5.39 Å². The average molecular weight is 517 g/mol. The van der Waals surface area contributed by atoms with E-state index in [2.05, 4.69) is 5.09 Å². The fourth-order valence-electron chi connectivity index (χ4n) is 2.92. The number of carbonyl (C=O) groups excluding carboxylic acids is 1. The number of hydrogen-bond donors (Lipinski definition) is 1. The molecule has 3 aromatic carbocycles. The first kappa shape index (κ1) is 26.4. The van der Waals surface area contributed by atoms with Crippen LogP contribution in [-0.4, -0.2) is 18.6 Å². The summed E-state index contributed by atoms with van der Waals surface area (Å²) in [4.78, 5) is 12.3. The Morgan fingerprint density at radius 3 is 2.06 bits per heavy atom. The molecule has 1 unspecified atom stereocenters. The van der Waals surface area contributed by atoms with Gasteiger partial charge in [0.1, 0.15) is 11.8 Å². The van der Waals surface area contributed by atoms with Crippen molar-refractivity contribution in [2.24, 2.45) is 5.92 Å². The third kappa shape index (κ3) is 5.91. The van der Waals surface area contributed by atoms with Gasteiger partial charge >= 0.3 is 13.7 Å². The summed E-state index contributed by atoms with van der Waals surface area (Å²) in [5.74, 6) is -14.6. The van der Waals surface area contributed by atoms with E-state index in [-0.39, 0.29) is 18.3 Å². The number of rotatable bonds is 9. The number of fused-ring (bicyclic) bond motifs is 1. The van der Waals surface area contributed by atoms with E-state index in [1.165, 1.54) is 19.1 Å². The lowest BCUT2D eigenvalue weighted by Crippen LogP contribution is -2.36. The molecule has 2 atom stereocenters. The minimum Gasteiger partial charge on any atom is -0.464 e. The van der Waals surface area contributed by atoms with Gasteiger partial charge in [0.2, 0.25) is 34.8 Å². The summed E-state index contributed by atoms with van der Waals surface area (Å²) in [6, 6.07) is 9.74. The fraction of sp³-hybridized carbons (Fsp3) is 0.261. The van der Waals surface area contributed by atoms with Crippen LogP contribution in [0.5, 0.6) is 11.5 Å². The van der Waals surface area contributed by atoms with Gasteiger partial charge in [0.25, 0.3) is 0 Å². The molecule has 0 fully saturated rings. The van der Waals surface area contributed by atoms with Crippen molar-refractivity contribution in [3.63, 3.8) is 0 Å². The molecule has 12 heteroatoms. The Labute approximate surface area is 197 Å². The van der Waals surface area contributed by atoms with Crippen molar-refractivity contribution >= 4 is 24.5 Å². The van der Waals surface area contributed by atoms with E-state index in [0.717, 1.165) is 0 Å². The first-order chi connectivity index (χ1) is 16.4. The van der Waals surface area contributed by atoms with Crippen LogP contribution in [0.4, 0.5) is 22.0 Å². The second-order valence-electron chi connectivity index (χ2n) is 7.93. The monoisotopic (exact) mass is 517 g/mol. The maximum atomic E-state index is 14.3. The van der Waals surface area contributed by atoms with Gasteiger partial charge < -0.3 is 13.8 Å². The molecule has 0 aliphatic rings. The number of ether oxygens (including phenoxy) is 1. The van der Waals surface area contributed by atoms with Crippen LogP contribution >= 0.6 is 7.75 Å². The van der Waals surface area contributed by atoms with E-state index in [1.54, 1.807) is 44.2 Å². The maximum absolute atomic E-state index is 14.3. The molecule has 0 saturated carbocycles. The second-order valence-corrected chi connectivity index (χ2v) is 9.55. The Balaban J connectivity index is 2.04. The van der Waals surface area contributed by atoms with E-state index in [1.807, 2.05) is 0 Å². The first-order valence-corrected chi connectivity index (χ1v) is 11.9. The Hall–Kier alpha value is -3.17. The standard InChI is InChI=1S/C23H21F5NO5P/c1-12(2)11-32-23(30)13(3)29-35(31,33-16-10-6-8-14-7-4-5-9-15(14)16)34-22-20(27)18(25)17(24)19(26)21(22)28/h4-10,12-13H,11H2,1-3H3,(H,29,31)/t13-,35?/m0/s1. The smallest absolute Gasteiger partial charge is 0.464 e. The highest BCUT2D eigenvalue weighted by molar-refractivity contribution is 7.52. The van der Waals surface area contributed by atoms with Gasteiger partial charge in [-0.25, -0.2) is 17.7 Å². The summed E-state index contributed by atoms with van der Waals surface area (Å²) in [7, 11) is -5.02. The molecule has 0 saturated heterocycles. The lowest BCUT2D eigenvalue weighted by atomic mass is 10.1. The van der Waals surface area contributed by atoms with Gasteiger partial charge in [-0.15, -0.1) is 0 Å². The number of hydrogen-bond acceptors (Lipinski definition) is 5. The molecule has 6 nitrogen and oxygen atoms in total. The Morgan fingerprint density at radius 1 is 0.857 bits per heavy atom. The molecular weight excluding hydrogens is 496 g/mol. The predicted octanol–water partition coefficient (Wildman–Crippen LogP) is 6.28. The molecule has 0 heterocycles. The van der Waals surface area contributed by atoms with Gasteiger partial charge in [0.05, 0.1) is 6.61 Å². The quantitative estimate of drug-likeness (QED) is 0.118. The van der Waals surface area contributed by atoms with Crippen molar-refractivity contribution in [2.75, 3.05) is 6.61 Å². The van der Waals surface area contributed by atoms with Crippen LogP contribution in [0.1, 0.15) is 20.8 Å². The van der Waals surface area contributed by atoms with Crippen molar-refractivity contribution in [2.45, 2.75) is 26.8 Å². The molecule has 1 N–H and O–H groups in total. The van der Waals surface area contributed by atoms with Crippen molar-refractivity contribution in [1.82, 2.24) is 5.09 Å². The summed E-state index contributed by atoms with van der Waals surface area (Å²) in [5.41, 5.74) is 0. The van der Waals surface area contributed by atoms with Crippen molar-refractivity contribution < 1.29 is 45.1 Å². The summed E-state index contributed by atoms with van der Waals surface area (Å²) < 4.78 is 98.3. The van der Waals surface area contributed by atoms with Crippen LogP contribution in [-0.2, 0) is 14.1 Å². The number of halogens is 5. The van der Waals surface area contributed by atoms with Gasteiger partial charge in [0.15, 0.2) is 0 Å². The summed E-state index contributed by atoms with van der Waals surface area (Å²) in [5, 5.41) is 3.17. The largest absolute Gasteiger partial charge is 0.513 e. The second kappa shape index (κ2) is 10.6. The SMILES string of the molecule is CC(C)COC(=O)[C@H](C)NP(=O)(Oc1c(F)c(F)c(F)c(F)c1F)Oc1cccc2ccccc12. The van der Waals surface area contributed by atoms with E-state index in [9.17, 15) is 31.3 Å². The average Bonchev–Trinajstić information content (AvgIpc) is 2.83. The highest BCUT2D eigenvalue weighted by Crippen LogP contribution is 2.49. The van der Waals surface area contributed by atoms with Crippen LogP contribution in [0.25, 0.3) is 10.8 Å². The zero-order valence-corrected chi connectivity index (χ0v) is 19.7. The molecule has 0 aliphatic heterocycles. The molecule has 0 amide bonds. The van der Waals surface area contributed by atoms with E-state index in [4.69, 9.17) is 13.8 Å². The Kier molecular flexibility index (Phi) is 8.02. The number of nitrogens with one attached hydrogen (secondary N) is 1. The maximum Gasteiger partial charge on any atom is 0.513 e. The van der Waals surface area contributed by atoms with E-state index >= 15 is 0 Å². The third-order valence-corrected chi connectivity index (χ3v) is 6.18. The summed E-state index contributed by atoms with van der Waals surface area (Å²) in [6.45, 7) is 4.75. The van der Waals surface area contributed by atoms with Crippen LogP contribution in [0.2, 0.25) is 0 Å². The topological polar surface area (TPSA) is 73.9 Å². The zero-order valence-electron chi connectivity index (χ0n) is 18.8. The van der Waals surface area contributed by atoms with Crippen molar-refractivity contribution in [1.29, 1.82) is 0 Å². The van der Waals surface area contributed by atoms with Crippen molar-refractivity contribution in [3.8, 4) is 11.5 Å². The van der Waals surface area contributed by atoms with Crippen LogP contribution in [0.15, 0.2) is 42.5 Å². The van der Waals surface area contributed by atoms with Gasteiger partial charge in [-0.1, -0.05) is 50.2 Å². The summed E-state index contributed by atoms with van der Waals surface area (Å²) >= 11 is 0. The fourth-order valence-corrected chi connectivity index (χ4v) is 4.47. The normalized spacial score (nSPS) is 14.0. The highest BCUT2D eigenvalue weighted by atomic mass is 31.2. The third-order valence-electron chi connectivity index (χ3n) is 4.61. The summed E-state index contributed by atoms with van der Waals surface area (Å²) in [6.07, 6.45) is 0. The molecule has 0 spiro atoms. The molecule has 188 valence electrons. The minimum absolute atomic E-state index is 0.0117. The molecule has 0 aliphatic carbocycles. The number of carbonyl (C=O) groups is 1. The lowest BCUT2D eigenvalue weighted by molar-refractivity contribution is -0.146. The van der Waals surface area contributed by atoms with Gasteiger partial charge in [-0.3, -0.25) is 4.79 Å². The minimum atomic E-state index is -5.02. The number of esters is 1. The van der Waals surface area contributed by atoms with Crippen molar-refractivity contribution in [3.05, 3.63) is 71.6 Å². The molecule has 0 bridgehead atoms. The van der Waals surface area contributed by atoms with Crippen LogP contribution in [0, 0.1) is 35.0 Å². The highest BCUT2D eigenvalue weighted by Gasteiger charge is 2.38. The van der Waals surface area contributed by atoms with E-state index in [0.29, 0.717) is 10.8 Å². The molecular formula is C23H21F5NO5P. The predicted molar refractivity (Wildman–Crippen MR) is 117 cm³/mol. The first-order valence-electron chi connectivity index (χ1n) is 10.4. The van der Waals surface area contributed by atoms with Crippen LogP contribution in [0.3, 0.4) is 0 Å². The van der Waals surface area contributed by atoms with Crippen LogP contribution < -0.4 is 14.1 Å². The molecule has 35 heavy (non-hydrogen) atoms. The number of benzene rings is 3. The molecule has 0 aromatic heterocycles. The Morgan fingerprint density at radius 2 is 1.43 bits per heavy atom. The van der Waals surface area contributed by atoms with Gasteiger partial charge in [-0.05, 0) is 24.3 Å². The Bertz CT molecular complexity index is 1270.